The fourth-order valence-electron chi connectivity index (χ4n) is 3.46. The van der Waals surface area contributed by atoms with Crippen molar-refractivity contribution < 1.29 is 25.8 Å². The molecule has 0 aliphatic rings. The van der Waals surface area contributed by atoms with E-state index in [2.05, 4.69) is 71.1 Å². The zero-order valence-corrected chi connectivity index (χ0v) is 21.6. The van der Waals surface area contributed by atoms with Crippen LogP contribution in [0.2, 0.25) is 0 Å². The first-order chi connectivity index (χ1) is 11.9. The molecule has 3 nitrogen and oxygen atoms in total. The van der Waals surface area contributed by atoms with Gasteiger partial charge in [-0.2, -0.15) is 0 Å². The molecule has 2 aromatic carbocycles. The van der Waals surface area contributed by atoms with Gasteiger partial charge >= 0.3 is 0 Å². The Morgan fingerprint density at radius 2 is 0.926 bits per heavy atom. The molecule has 0 bridgehead atoms. The summed E-state index contributed by atoms with van der Waals surface area (Å²) in [6.45, 7) is 16.2. The fourth-order valence-corrected chi connectivity index (χ4v) is 3.46. The van der Waals surface area contributed by atoms with Gasteiger partial charge in [0.2, 0.25) is 0 Å². The molecule has 0 aliphatic heterocycles. The molecular formula is C23H34HfN3-3. The fraction of sp³-hybridized carbons (Fsp3) is 0.435. The standard InChI is InChI=1S/C22H31N3.CH3.Hf/c1-15-11-17(3)21(18(4)12-15)24-9-7-23-8-10-25-22-19(5)13-16(2)14-20(22)6;;/h11-14,23H,7-10H2,1-6H3;1H3;/q-2;-1;. The van der Waals surface area contributed by atoms with Gasteiger partial charge in [-0.15, -0.1) is 24.5 Å². The van der Waals surface area contributed by atoms with Crippen LogP contribution in [0.25, 0.3) is 10.6 Å². The topological polar surface area (TPSA) is 40.2 Å². The molecule has 0 aromatic heterocycles. The van der Waals surface area contributed by atoms with Crippen LogP contribution in [0, 0.1) is 49.0 Å². The first-order valence-electron chi connectivity index (χ1n) is 9.10. The number of hydrogen-bond donors (Lipinski definition) is 1. The second kappa shape index (κ2) is 12.4. The Labute approximate surface area is 185 Å². The van der Waals surface area contributed by atoms with Crippen LogP contribution < -0.4 is 5.32 Å². The Morgan fingerprint density at radius 1 is 0.630 bits per heavy atom. The summed E-state index contributed by atoms with van der Waals surface area (Å²) in [4.78, 5) is 0. The van der Waals surface area contributed by atoms with Gasteiger partial charge in [-0.1, -0.05) is 57.6 Å². The molecule has 0 saturated carbocycles. The Bertz CT molecular complexity index is 618. The predicted molar refractivity (Wildman–Crippen MR) is 116 cm³/mol. The van der Waals surface area contributed by atoms with E-state index in [9.17, 15) is 0 Å². The smallest absolute Gasteiger partial charge is 0 e. The van der Waals surface area contributed by atoms with Crippen molar-refractivity contribution in [2.45, 2.75) is 41.5 Å². The summed E-state index contributed by atoms with van der Waals surface area (Å²) in [7, 11) is 0. The van der Waals surface area contributed by atoms with Crippen molar-refractivity contribution in [3.8, 4) is 0 Å². The van der Waals surface area contributed by atoms with Crippen LogP contribution >= 0.6 is 0 Å². The van der Waals surface area contributed by atoms with Crippen molar-refractivity contribution in [2.75, 3.05) is 26.2 Å². The van der Waals surface area contributed by atoms with Crippen molar-refractivity contribution in [3.05, 3.63) is 75.7 Å². The third kappa shape index (κ3) is 7.79. The molecule has 0 heterocycles. The summed E-state index contributed by atoms with van der Waals surface area (Å²) in [5, 5.41) is 12.9. The average Bonchev–Trinajstić information content (AvgIpc) is 2.50. The van der Waals surface area contributed by atoms with E-state index in [0.29, 0.717) is 0 Å². The Morgan fingerprint density at radius 3 is 1.22 bits per heavy atom. The molecule has 0 aliphatic carbocycles. The molecule has 148 valence electrons. The van der Waals surface area contributed by atoms with Crippen LogP contribution in [0.4, 0.5) is 11.4 Å². The van der Waals surface area contributed by atoms with Gasteiger partial charge in [0.05, 0.1) is 0 Å². The molecule has 0 amide bonds. The SMILES string of the molecule is Cc1cc(C)c([N-]CCNCC[N-]c2c(C)cc(C)cc2C)c(C)c1.[CH3-].[Hf]. The van der Waals surface area contributed by atoms with Crippen molar-refractivity contribution in [1.82, 2.24) is 5.32 Å². The minimum absolute atomic E-state index is 0. The van der Waals surface area contributed by atoms with Crippen molar-refractivity contribution in [3.63, 3.8) is 0 Å². The predicted octanol–water partition coefficient (Wildman–Crippen LogP) is 6.29. The molecule has 2 rings (SSSR count). The summed E-state index contributed by atoms with van der Waals surface area (Å²) in [5.74, 6) is 0. The largest absolute Gasteiger partial charge is 0.683 e. The van der Waals surface area contributed by atoms with E-state index >= 15 is 0 Å². The van der Waals surface area contributed by atoms with Gasteiger partial charge in [-0.25, -0.2) is 0 Å². The summed E-state index contributed by atoms with van der Waals surface area (Å²) in [6, 6.07) is 8.80. The van der Waals surface area contributed by atoms with E-state index in [4.69, 9.17) is 10.6 Å². The third-order valence-electron chi connectivity index (χ3n) is 4.39. The quantitative estimate of drug-likeness (QED) is 0.243. The Kier molecular flexibility index (Phi) is 11.8. The molecule has 0 radical (unpaired) electrons. The van der Waals surface area contributed by atoms with Gasteiger partial charge < -0.3 is 23.4 Å². The van der Waals surface area contributed by atoms with Crippen LogP contribution in [-0.4, -0.2) is 26.2 Å². The molecule has 0 unspecified atom stereocenters. The summed E-state index contributed by atoms with van der Waals surface area (Å²) >= 11 is 0. The number of hydrogen-bond acceptors (Lipinski definition) is 1. The summed E-state index contributed by atoms with van der Waals surface area (Å²) < 4.78 is 0. The molecule has 1 N–H and O–H groups in total. The minimum atomic E-state index is 0. The van der Waals surface area contributed by atoms with Crippen molar-refractivity contribution in [1.29, 1.82) is 0 Å². The monoisotopic (exact) mass is 532 g/mol. The van der Waals surface area contributed by atoms with E-state index < -0.39 is 0 Å². The van der Waals surface area contributed by atoms with Crippen molar-refractivity contribution in [2.24, 2.45) is 0 Å². The van der Waals surface area contributed by atoms with E-state index in [-0.39, 0.29) is 33.3 Å². The number of benzene rings is 2. The Balaban J connectivity index is 0.00000338. The Hall–Kier alpha value is -1.13. The average molecular weight is 531 g/mol. The normalized spacial score (nSPS) is 10.0. The maximum atomic E-state index is 4.75. The number of nitrogens with zero attached hydrogens (tertiary/aromatic N) is 2. The first kappa shape index (κ1) is 25.9. The first-order valence-corrected chi connectivity index (χ1v) is 9.10. The third-order valence-corrected chi connectivity index (χ3v) is 4.39. The molecule has 2 aromatic rings. The molecule has 4 heteroatoms. The van der Waals surface area contributed by atoms with Gasteiger partial charge in [0.15, 0.2) is 0 Å². The van der Waals surface area contributed by atoms with Crippen LogP contribution in [0.3, 0.4) is 0 Å². The molecule has 0 fully saturated rings. The van der Waals surface area contributed by atoms with Gasteiger partial charge in [0.1, 0.15) is 0 Å². The maximum Gasteiger partial charge on any atom is 0 e. The molecular weight excluding hydrogens is 497 g/mol. The molecule has 0 atom stereocenters. The summed E-state index contributed by atoms with van der Waals surface area (Å²) in [5.41, 5.74) is 9.93. The van der Waals surface area contributed by atoms with Gasteiger partial charge in [-0.05, 0) is 54.6 Å². The zero-order chi connectivity index (χ0) is 18.4. The van der Waals surface area contributed by atoms with Crippen LogP contribution in [-0.2, 0) is 25.8 Å². The van der Waals surface area contributed by atoms with E-state index in [1.165, 1.54) is 33.4 Å². The van der Waals surface area contributed by atoms with Crippen LogP contribution in [0.5, 0.6) is 0 Å². The van der Waals surface area contributed by atoms with Crippen molar-refractivity contribution >= 4 is 11.4 Å². The van der Waals surface area contributed by atoms with Crippen LogP contribution in [0.15, 0.2) is 24.3 Å². The maximum absolute atomic E-state index is 4.75. The second-order valence-corrected chi connectivity index (χ2v) is 7.01. The number of aryl methyl sites for hydroxylation is 6. The molecule has 0 saturated heterocycles. The van der Waals surface area contributed by atoms with Gasteiger partial charge in [-0.3, -0.25) is 0 Å². The molecule has 27 heavy (non-hydrogen) atoms. The second-order valence-electron chi connectivity index (χ2n) is 7.01. The minimum Gasteiger partial charge on any atom is -0.683 e. The number of nitrogens with one attached hydrogen (secondary N) is 1. The van der Waals surface area contributed by atoms with E-state index in [1.807, 2.05) is 0 Å². The molecule has 0 spiro atoms. The number of rotatable bonds is 8. The van der Waals surface area contributed by atoms with Crippen LogP contribution in [0.1, 0.15) is 33.4 Å². The van der Waals surface area contributed by atoms with E-state index in [0.717, 1.165) is 37.6 Å². The summed E-state index contributed by atoms with van der Waals surface area (Å²) in [6.07, 6.45) is 0. The zero-order valence-electron chi connectivity index (χ0n) is 18.0. The van der Waals surface area contributed by atoms with Gasteiger partial charge in [0.25, 0.3) is 0 Å². The van der Waals surface area contributed by atoms with Gasteiger partial charge in [0, 0.05) is 25.8 Å². The van der Waals surface area contributed by atoms with E-state index in [1.54, 1.807) is 0 Å².